The molecule has 0 aliphatic carbocycles. The summed E-state index contributed by atoms with van der Waals surface area (Å²) in [6.45, 7) is 0.389. The topological polar surface area (TPSA) is 55.5 Å². The van der Waals surface area contributed by atoms with Crippen LogP contribution in [0.3, 0.4) is 0 Å². The summed E-state index contributed by atoms with van der Waals surface area (Å²) >= 11 is 0. The third-order valence-corrected chi connectivity index (χ3v) is 0.800. The Bertz CT molecular complexity index is 35.5. The number of nitrogens with two attached hydrogens (primary N) is 1. The summed E-state index contributed by atoms with van der Waals surface area (Å²) in [6, 6.07) is 0. The van der Waals surface area contributed by atoms with Crippen molar-refractivity contribution in [3.8, 4) is 0 Å². The predicted octanol–water partition coefficient (Wildman–Crippen LogP) is -0.626. The van der Waals surface area contributed by atoms with E-state index >= 15 is 0 Å². The van der Waals surface area contributed by atoms with Gasteiger partial charge in [0.2, 0.25) is 0 Å². The van der Waals surface area contributed by atoms with Gasteiger partial charge in [-0.1, -0.05) is 0 Å². The zero-order chi connectivity index (χ0) is 5.70. The second-order valence-electron chi connectivity index (χ2n) is 1.28. The molecule has 1 unspecified atom stereocenters. The van der Waals surface area contributed by atoms with Gasteiger partial charge in [0.15, 0.2) is 0 Å². The summed E-state index contributed by atoms with van der Waals surface area (Å²) in [5.74, 6) is 0. The van der Waals surface area contributed by atoms with E-state index in [2.05, 4.69) is 4.74 Å². The molecule has 0 aromatic rings. The van der Waals surface area contributed by atoms with Gasteiger partial charge in [-0.05, 0) is 0 Å². The fourth-order valence-electron chi connectivity index (χ4n) is 0.245. The molecule has 3 nitrogen and oxygen atoms in total. The number of aliphatic hydroxyl groups excluding tert-OH is 1. The Labute approximate surface area is 55.2 Å². The average Bonchev–Trinajstić information content (AvgIpc) is 1.72. The van der Waals surface area contributed by atoms with E-state index in [1.807, 2.05) is 0 Å². The van der Waals surface area contributed by atoms with Crippen molar-refractivity contribution in [3.05, 3.63) is 0 Å². The van der Waals surface area contributed by atoms with Crippen LogP contribution in [0.2, 0.25) is 0 Å². The normalized spacial score (nSPS) is 12.4. The first kappa shape index (κ1) is 11.0. The van der Waals surface area contributed by atoms with Crippen LogP contribution in [-0.2, 0) is 4.74 Å². The van der Waals surface area contributed by atoms with Crippen molar-refractivity contribution in [2.24, 2.45) is 5.73 Å². The molecule has 0 aliphatic rings. The van der Waals surface area contributed by atoms with E-state index in [1.54, 1.807) is 0 Å². The summed E-state index contributed by atoms with van der Waals surface area (Å²) in [6.07, 6.45) is -0.181. The lowest BCUT2D eigenvalue weighted by Crippen LogP contribution is -2.25. The van der Waals surface area contributed by atoms with Crippen LogP contribution < -0.4 is 5.73 Å². The van der Waals surface area contributed by atoms with Gasteiger partial charge in [0, 0.05) is 13.7 Å². The molecule has 52 valence electrons. The molecule has 0 fully saturated rings. The highest BCUT2D eigenvalue weighted by atomic mass is 35.5. The highest BCUT2D eigenvalue weighted by molar-refractivity contribution is 5.85. The van der Waals surface area contributed by atoms with Gasteiger partial charge in [-0.15, -0.1) is 12.4 Å². The fourth-order valence-corrected chi connectivity index (χ4v) is 0.245. The van der Waals surface area contributed by atoms with E-state index in [0.29, 0.717) is 6.54 Å². The lowest BCUT2D eigenvalue weighted by atomic mass is 10.4. The molecule has 0 bridgehead atoms. The van der Waals surface area contributed by atoms with Gasteiger partial charge < -0.3 is 15.6 Å². The number of methoxy groups -OCH3 is 1. The fraction of sp³-hybridized carbons (Fsp3) is 1.00. The summed E-state index contributed by atoms with van der Waals surface area (Å²) in [5, 5.41) is 8.32. The molecule has 0 amide bonds. The zero-order valence-electron chi connectivity index (χ0n) is 4.83. The van der Waals surface area contributed by atoms with E-state index in [-0.39, 0.29) is 25.1 Å². The van der Waals surface area contributed by atoms with Crippen molar-refractivity contribution in [2.75, 3.05) is 20.3 Å². The smallest absolute Gasteiger partial charge is 0.0923 e. The Morgan fingerprint density at radius 2 is 2.25 bits per heavy atom. The van der Waals surface area contributed by atoms with Crippen LogP contribution in [0.15, 0.2) is 0 Å². The molecule has 8 heavy (non-hydrogen) atoms. The van der Waals surface area contributed by atoms with Crippen LogP contribution in [0, 0.1) is 0 Å². The van der Waals surface area contributed by atoms with Crippen LogP contribution in [0.25, 0.3) is 0 Å². The summed E-state index contributed by atoms with van der Waals surface area (Å²) in [7, 11) is 1.52. The van der Waals surface area contributed by atoms with Crippen molar-refractivity contribution >= 4 is 12.4 Å². The molecule has 0 saturated heterocycles. The van der Waals surface area contributed by atoms with Gasteiger partial charge in [-0.3, -0.25) is 0 Å². The first-order valence-electron chi connectivity index (χ1n) is 2.18. The minimum atomic E-state index is -0.181. The average molecular weight is 142 g/mol. The third kappa shape index (κ3) is 4.33. The van der Waals surface area contributed by atoms with E-state index in [0.717, 1.165) is 0 Å². The van der Waals surface area contributed by atoms with Crippen molar-refractivity contribution < 1.29 is 9.84 Å². The van der Waals surface area contributed by atoms with Gasteiger partial charge >= 0.3 is 0 Å². The molecule has 0 rings (SSSR count). The Kier molecular flexibility index (Phi) is 9.89. The Morgan fingerprint density at radius 1 is 1.75 bits per heavy atom. The second kappa shape index (κ2) is 7.17. The van der Waals surface area contributed by atoms with Crippen LogP contribution in [0.4, 0.5) is 0 Å². The Balaban J connectivity index is 0. The van der Waals surface area contributed by atoms with Crippen molar-refractivity contribution in [1.82, 2.24) is 0 Å². The molecule has 0 spiro atoms. The molecule has 4 heteroatoms. The van der Waals surface area contributed by atoms with Crippen LogP contribution in [0.1, 0.15) is 0 Å². The molecular formula is C4H12ClNO2. The van der Waals surface area contributed by atoms with E-state index in [4.69, 9.17) is 10.8 Å². The maximum atomic E-state index is 8.32. The van der Waals surface area contributed by atoms with Crippen molar-refractivity contribution in [2.45, 2.75) is 6.10 Å². The first-order valence-corrected chi connectivity index (χ1v) is 2.18. The standard InChI is InChI=1S/C4H11NO2.ClH/c1-7-4(2-5)3-6;/h4,6H,2-3,5H2,1H3;1H. The zero-order valence-corrected chi connectivity index (χ0v) is 5.65. The summed E-state index contributed by atoms with van der Waals surface area (Å²) < 4.78 is 4.67. The predicted molar refractivity (Wildman–Crippen MR) is 34.2 cm³/mol. The Morgan fingerprint density at radius 3 is 2.25 bits per heavy atom. The molecule has 1 atom stereocenters. The van der Waals surface area contributed by atoms with E-state index in [9.17, 15) is 0 Å². The van der Waals surface area contributed by atoms with E-state index in [1.165, 1.54) is 7.11 Å². The first-order chi connectivity index (χ1) is 3.35. The minimum absolute atomic E-state index is 0. The molecule has 0 aliphatic heterocycles. The van der Waals surface area contributed by atoms with Gasteiger partial charge in [-0.25, -0.2) is 0 Å². The SMILES string of the molecule is COC(CN)CO.Cl. The maximum Gasteiger partial charge on any atom is 0.0923 e. The number of rotatable bonds is 3. The number of ether oxygens (including phenoxy) is 1. The maximum absolute atomic E-state index is 8.32. The molecular weight excluding hydrogens is 130 g/mol. The molecule has 0 saturated carbocycles. The highest BCUT2D eigenvalue weighted by Crippen LogP contribution is 1.80. The van der Waals surface area contributed by atoms with Crippen LogP contribution in [0.5, 0.6) is 0 Å². The minimum Gasteiger partial charge on any atom is -0.394 e. The third-order valence-electron chi connectivity index (χ3n) is 0.800. The van der Waals surface area contributed by atoms with Crippen LogP contribution in [-0.4, -0.2) is 31.5 Å². The lowest BCUT2D eigenvalue weighted by molar-refractivity contribution is 0.0553. The second-order valence-corrected chi connectivity index (χ2v) is 1.28. The number of hydrogen-bond donors (Lipinski definition) is 2. The molecule has 0 heterocycles. The lowest BCUT2D eigenvalue weighted by Gasteiger charge is -2.06. The summed E-state index contributed by atoms with van der Waals surface area (Å²) in [5.41, 5.74) is 5.11. The molecule has 0 aromatic heterocycles. The van der Waals surface area contributed by atoms with Gasteiger partial charge in [0.25, 0.3) is 0 Å². The number of aliphatic hydroxyl groups is 1. The van der Waals surface area contributed by atoms with Gasteiger partial charge in [-0.2, -0.15) is 0 Å². The van der Waals surface area contributed by atoms with Gasteiger partial charge in [0.05, 0.1) is 12.7 Å². The quantitative estimate of drug-likeness (QED) is 0.551. The van der Waals surface area contributed by atoms with Crippen molar-refractivity contribution in [1.29, 1.82) is 0 Å². The van der Waals surface area contributed by atoms with Crippen molar-refractivity contribution in [3.63, 3.8) is 0 Å². The van der Waals surface area contributed by atoms with E-state index < -0.39 is 0 Å². The summed E-state index contributed by atoms with van der Waals surface area (Å²) in [4.78, 5) is 0. The Hall–Kier alpha value is 0.170. The number of halogens is 1. The molecule has 0 radical (unpaired) electrons. The number of hydrogen-bond acceptors (Lipinski definition) is 3. The largest absolute Gasteiger partial charge is 0.394 e. The monoisotopic (exact) mass is 141 g/mol. The van der Waals surface area contributed by atoms with Gasteiger partial charge in [0.1, 0.15) is 0 Å². The molecule has 0 aromatic carbocycles. The highest BCUT2D eigenvalue weighted by Gasteiger charge is 1.98. The molecule has 3 N–H and O–H groups in total. The van der Waals surface area contributed by atoms with Crippen LogP contribution >= 0.6 is 12.4 Å².